The smallest absolute Gasteiger partial charge is 0.0467 e. The third kappa shape index (κ3) is 3.48. The maximum absolute atomic E-state index is 2.33. The highest BCUT2D eigenvalue weighted by atomic mass is 15.1. The second kappa shape index (κ2) is 7.45. The summed E-state index contributed by atoms with van der Waals surface area (Å²) in [5.41, 5.74) is 7.38. The van der Waals surface area contributed by atoms with E-state index in [-0.39, 0.29) is 0 Å². The summed E-state index contributed by atoms with van der Waals surface area (Å²) in [4.78, 5) is 2.32. The van der Waals surface area contributed by atoms with Crippen molar-refractivity contribution < 1.29 is 0 Å². The van der Waals surface area contributed by atoms with Crippen LogP contribution in [-0.4, -0.2) is 0 Å². The zero-order valence-electron chi connectivity index (χ0n) is 15.1. The fourth-order valence-electron chi connectivity index (χ4n) is 3.37. The number of para-hydroxylation sites is 1. The Hall–Kier alpha value is -3.06. The number of anilines is 3. The van der Waals surface area contributed by atoms with Crippen molar-refractivity contribution in [2.75, 3.05) is 4.90 Å². The Morgan fingerprint density at radius 2 is 1.42 bits per heavy atom. The topological polar surface area (TPSA) is 3.24 Å². The standard InChI is InChI=1S/C25H23N/c1-20-15-17-24(18-16-20)26(23-12-6-3-7-13-23)25-14-8-11-22(19-25)21-9-4-2-5-10-21/h3-4,6-19H,2,5H2,1H3. The molecule has 1 heteroatoms. The molecule has 0 amide bonds. The molecule has 128 valence electrons. The summed E-state index contributed by atoms with van der Waals surface area (Å²) in [6.45, 7) is 2.12. The molecule has 0 aliphatic heterocycles. The first kappa shape index (κ1) is 16.4. The third-order valence-corrected chi connectivity index (χ3v) is 4.74. The molecule has 0 saturated carbocycles. The first-order valence-corrected chi connectivity index (χ1v) is 9.20. The maximum Gasteiger partial charge on any atom is 0.0467 e. The summed E-state index contributed by atoms with van der Waals surface area (Å²) >= 11 is 0. The van der Waals surface area contributed by atoms with Crippen LogP contribution in [0.1, 0.15) is 24.0 Å². The number of nitrogens with zero attached hydrogens (tertiary/aromatic N) is 1. The van der Waals surface area contributed by atoms with Gasteiger partial charge in [0.2, 0.25) is 0 Å². The Morgan fingerprint density at radius 1 is 0.692 bits per heavy atom. The first-order valence-electron chi connectivity index (χ1n) is 9.20. The van der Waals surface area contributed by atoms with Crippen molar-refractivity contribution >= 4 is 22.6 Å². The Morgan fingerprint density at radius 3 is 2.15 bits per heavy atom. The zero-order valence-corrected chi connectivity index (χ0v) is 15.1. The molecule has 0 heterocycles. The molecule has 1 nitrogen and oxygen atoms in total. The summed E-state index contributed by atoms with van der Waals surface area (Å²) in [6.07, 6.45) is 9.09. The molecule has 0 unspecified atom stereocenters. The van der Waals surface area contributed by atoms with Crippen LogP contribution in [0.3, 0.4) is 0 Å². The zero-order chi connectivity index (χ0) is 17.8. The van der Waals surface area contributed by atoms with Gasteiger partial charge in [-0.1, -0.05) is 66.3 Å². The second-order valence-electron chi connectivity index (χ2n) is 6.70. The van der Waals surface area contributed by atoms with E-state index in [9.17, 15) is 0 Å². The van der Waals surface area contributed by atoms with E-state index in [1.165, 1.54) is 33.8 Å². The van der Waals surface area contributed by atoms with Gasteiger partial charge in [0, 0.05) is 17.1 Å². The van der Waals surface area contributed by atoms with Gasteiger partial charge in [0.25, 0.3) is 0 Å². The molecule has 0 radical (unpaired) electrons. The minimum absolute atomic E-state index is 1.12. The lowest BCUT2D eigenvalue weighted by atomic mass is 9.99. The molecule has 1 aliphatic rings. The molecular formula is C25H23N. The van der Waals surface area contributed by atoms with Gasteiger partial charge in [-0.05, 0) is 67.3 Å². The van der Waals surface area contributed by atoms with Gasteiger partial charge in [0.1, 0.15) is 0 Å². The van der Waals surface area contributed by atoms with E-state index in [1.54, 1.807) is 0 Å². The van der Waals surface area contributed by atoms with Gasteiger partial charge < -0.3 is 4.90 Å². The highest BCUT2D eigenvalue weighted by Gasteiger charge is 2.13. The van der Waals surface area contributed by atoms with Crippen LogP contribution in [0.2, 0.25) is 0 Å². The molecular weight excluding hydrogens is 314 g/mol. The van der Waals surface area contributed by atoms with E-state index >= 15 is 0 Å². The number of rotatable bonds is 4. The highest BCUT2D eigenvalue weighted by molar-refractivity contribution is 5.81. The number of hydrogen-bond acceptors (Lipinski definition) is 1. The largest absolute Gasteiger partial charge is 0.310 e. The monoisotopic (exact) mass is 337 g/mol. The molecule has 1 aliphatic carbocycles. The summed E-state index contributed by atoms with van der Waals surface area (Å²) in [7, 11) is 0. The Balaban J connectivity index is 1.80. The average molecular weight is 337 g/mol. The number of benzene rings is 3. The molecule has 26 heavy (non-hydrogen) atoms. The predicted molar refractivity (Wildman–Crippen MR) is 112 cm³/mol. The molecule has 3 aromatic rings. The van der Waals surface area contributed by atoms with Crippen LogP contribution in [0.4, 0.5) is 17.1 Å². The number of allylic oxidation sites excluding steroid dienone is 4. The van der Waals surface area contributed by atoms with Crippen molar-refractivity contribution in [1.82, 2.24) is 0 Å². The van der Waals surface area contributed by atoms with Crippen LogP contribution < -0.4 is 4.90 Å². The molecule has 0 spiro atoms. The number of aryl methyl sites for hydroxylation is 1. The normalized spacial score (nSPS) is 13.3. The lowest BCUT2D eigenvalue weighted by Crippen LogP contribution is -2.10. The van der Waals surface area contributed by atoms with E-state index < -0.39 is 0 Å². The molecule has 0 aromatic heterocycles. The van der Waals surface area contributed by atoms with Crippen LogP contribution in [0.15, 0.2) is 97.1 Å². The lowest BCUT2D eigenvalue weighted by Gasteiger charge is -2.26. The van der Waals surface area contributed by atoms with E-state index in [4.69, 9.17) is 0 Å². The van der Waals surface area contributed by atoms with Crippen molar-refractivity contribution in [3.05, 3.63) is 108 Å². The van der Waals surface area contributed by atoms with Crippen molar-refractivity contribution in [2.45, 2.75) is 19.8 Å². The van der Waals surface area contributed by atoms with E-state index in [0.717, 1.165) is 12.8 Å². The Kier molecular flexibility index (Phi) is 4.70. The summed E-state index contributed by atoms with van der Waals surface area (Å²) in [5.74, 6) is 0. The fourth-order valence-corrected chi connectivity index (χ4v) is 3.37. The summed E-state index contributed by atoms with van der Waals surface area (Å²) in [6, 6.07) is 28.1. The van der Waals surface area contributed by atoms with E-state index in [1.807, 2.05) is 0 Å². The van der Waals surface area contributed by atoms with Gasteiger partial charge in [-0.15, -0.1) is 0 Å². The van der Waals surface area contributed by atoms with Crippen molar-refractivity contribution in [3.8, 4) is 0 Å². The minimum atomic E-state index is 1.12. The minimum Gasteiger partial charge on any atom is -0.310 e. The van der Waals surface area contributed by atoms with E-state index in [2.05, 4.69) is 109 Å². The second-order valence-corrected chi connectivity index (χ2v) is 6.70. The molecule has 0 atom stereocenters. The van der Waals surface area contributed by atoms with Crippen LogP contribution in [0.25, 0.3) is 5.57 Å². The van der Waals surface area contributed by atoms with Crippen LogP contribution >= 0.6 is 0 Å². The molecule has 4 rings (SSSR count). The van der Waals surface area contributed by atoms with Gasteiger partial charge in [-0.2, -0.15) is 0 Å². The third-order valence-electron chi connectivity index (χ3n) is 4.74. The fraction of sp³-hybridized carbons (Fsp3) is 0.120. The van der Waals surface area contributed by atoms with Crippen LogP contribution in [0, 0.1) is 6.92 Å². The predicted octanol–water partition coefficient (Wildman–Crippen LogP) is 7.20. The molecule has 0 fully saturated rings. The molecule has 0 saturated heterocycles. The SMILES string of the molecule is Cc1ccc(N(c2ccccc2)c2cccc(C3=CCCC=C3)c2)cc1. The van der Waals surface area contributed by atoms with Gasteiger partial charge in [-0.25, -0.2) is 0 Å². The first-order chi connectivity index (χ1) is 12.8. The van der Waals surface area contributed by atoms with E-state index in [0.29, 0.717) is 0 Å². The molecule has 0 N–H and O–H groups in total. The molecule has 3 aromatic carbocycles. The number of hydrogen-bond donors (Lipinski definition) is 0. The van der Waals surface area contributed by atoms with Gasteiger partial charge in [0.05, 0.1) is 0 Å². The quantitative estimate of drug-likeness (QED) is 0.486. The van der Waals surface area contributed by atoms with Crippen LogP contribution in [0.5, 0.6) is 0 Å². The van der Waals surface area contributed by atoms with Crippen molar-refractivity contribution in [3.63, 3.8) is 0 Å². The average Bonchev–Trinajstić information content (AvgIpc) is 2.71. The Labute approximate surface area is 155 Å². The highest BCUT2D eigenvalue weighted by Crippen LogP contribution is 2.36. The lowest BCUT2D eigenvalue weighted by molar-refractivity contribution is 1.04. The van der Waals surface area contributed by atoms with Crippen LogP contribution in [-0.2, 0) is 0 Å². The molecule has 0 bridgehead atoms. The van der Waals surface area contributed by atoms with Crippen molar-refractivity contribution in [1.29, 1.82) is 0 Å². The summed E-state index contributed by atoms with van der Waals surface area (Å²) < 4.78 is 0. The maximum atomic E-state index is 2.33. The Bertz CT molecular complexity index is 933. The summed E-state index contributed by atoms with van der Waals surface area (Å²) in [5, 5.41) is 0. The van der Waals surface area contributed by atoms with Gasteiger partial charge in [0.15, 0.2) is 0 Å². The van der Waals surface area contributed by atoms with Crippen molar-refractivity contribution in [2.24, 2.45) is 0 Å². The van der Waals surface area contributed by atoms with Gasteiger partial charge >= 0.3 is 0 Å². The van der Waals surface area contributed by atoms with Gasteiger partial charge in [-0.3, -0.25) is 0 Å².